The van der Waals surface area contributed by atoms with Gasteiger partial charge in [0.05, 0.1) is 7.11 Å². The molecule has 0 bridgehead atoms. The lowest BCUT2D eigenvalue weighted by molar-refractivity contribution is 0.00127. The largest absolute Gasteiger partial charge is 0.497 e. The Labute approximate surface area is 124 Å². The van der Waals surface area contributed by atoms with E-state index in [0.29, 0.717) is 6.42 Å². The van der Waals surface area contributed by atoms with Crippen LogP contribution in [0, 0.1) is 0 Å². The molecule has 108 valence electrons. The normalized spacial score (nSPS) is 15.6. The highest BCUT2D eigenvalue weighted by molar-refractivity contribution is 7.09. The SMILES string of the molecule is CC[C@H](c1ccc(OC)cc1)[C@@](O)(CC)c1nccs1. The lowest BCUT2D eigenvalue weighted by atomic mass is 9.79. The van der Waals surface area contributed by atoms with Crippen molar-refractivity contribution < 1.29 is 9.84 Å². The van der Waals surface area contributed by atoms with Gasteiger partial charge in [-0.1, -0.05) is 26.0 Å². The number of hydrogen-bond acceptors (Lipinski definition) is 4. The van der Waals surface area contributed by atoms with E-state index in [2.05, 4.69) is 11.9 Å². The molecule has 0 aliphatic rings. The summed E-state index contributed by atoms with van der Waals surface area (Å²) in [5, 5.41) is 13.8. The van der Waals surface area contributed by atoms with Crippen LogP contribution in [0.2, 0.25) is 0 Å². The molecule has 0 radical (unpaired) electrons. The second-order valence-electron chi connectivity index (χ2n) is 4.85. The van der Waals surface area contributed by atoms with Crippen molar-refractivity contribution in [2.75, 3.05) is 7.11 Å². The Hall–Kier alpha value is -1.39. The molecule has 0 saturated carbocycles. The van der Waals surface area contributed by atoms with Crippen LogP contribution in [0.4, 0.5) is 0 Å². The smallest absolute Gasteiger partial charge is 0.125 e. The van der Waals surface area contributed by atoms with Crippen molar-refractivity contribution in [1.82, 2.24) is 4.98 Å². The third-order valence-electron chi connectivity index (χ3n) is 3.84. The first-order chi connectivity index (χ1) is 9.65. The Balaban J connectivity index is 2.38. The zero-order valence-electron chi connectivity index (χ0n) is 12.2. The van der Waals surface area contributed by atoms with Crippen molar-refractivity contribution in [3.05, 3.63) is 46.4 Å². The van der Waals surface area contributed by atoms with Gasteiger partial charge in [0.2, 0.25) is 0 Å². The lowest BCUT2D eigenvalue weighted by Crippen LogP contribution is -2.32. The summed E-state index contributed by atoms with van der Waals surface area (Å²) in [7, 11) is 1.66. The van der Waals surface area contributed by atoms with Crippen LogP contribution in [0.3, 0.4) is 0 Å². The van der Waals surface area contributed by atoms with Crippen molar-refractivity contribution in [2.45, 2.75) is 38.2 Å². The van der Waals surface area contributed by atoms with Crippen molar-refractivity contribution in [2.24, 2.45) is 0 Å². The first-order valence-corrected chi connectivity index (χ1v) is 7.80. The highest BCUT2D eigenvalue weighted by Crippen LogP contribution is 2.42. The fourth-order valence-electron chi connectivity index (χ4n) is 2.67. The molecule has 0 spiro atoms. The predicted molar refractivity (Wildman–Crippen MR) is 82.3 cm³/mol. The second kappa shape index (κ2) is 6.37. The number of methoxy groups -OCH3 is 1. The van der Waals surface area contributed by atoms with Gasteiger partial charge in [0.25, 0.3) is 0 Å². The molecule has 0 saturated heterocycles. The average Bonchev–Trinajstić information content (AvgIpc) is 3.03. The number of aliphatic hydroxyl groups is 1. The van der Waals surface area contributed by atoms with E-state index >= 15 is 0 Å². The number of thiazole rings is 1. The molecule has 20 heavy (non-hydrogen) atoms. The van der Waals surface area contributed by atoms with Gasteiger partial charge in [-0.25, -0.2) is 4.98 Å². The maximum atomic E-state index is 11.1. The third-order valence-corrected chi connectivity index (χ3v) is 4.78. The molecule has 2 atom stereocenters. The van der Waals surface area contributed by atoms with Crippen LogP contribution in [0.1, 0.15) is 43.2 Å². The van der Waals surface area contributed by atoms with Crippen LogP contribution in [0.5, 0.6) is 5.75 Å². The molecule has 0 aliphatic carbocycles. The molecule has 1 heterocycles. The van der Waals surface area contributed by atoms with E-state index in [-0.39, 0.29) is 5.92 Å². The quantitative estimate of drug-likeness (QED) is 0.876. The molecule has 1 aromatic carbocycles. The van der Waals surface area contributed by atoms with Crippen LogP contribution in [0.25, 0.3) is 0 Å². The molecule has 2 aromatic rings. The van der Waals surface area contributed by atoms with Gasteiger partial charge in [0.1, 0.15) is 16.4 Å². The van der Waals surface area contributed by atoms with Gasteiger partial charge in [-0.15, -0.1) is 11.3 Å². The third kappa shape index (κ3) is 2.72. The standard InChI is InChI=1S/C16H21NO2S/c1-4-14(12-6-8-13(19-3)9-7-12)16(18,5-2)15-17-10-11-20-15/h6-11,14,18H,4-5H2,1-3H3/t14-,16+/m1/s1. The van der Waals surface area contributed by atoms with Crippen LogP contribution in [-0.4, -0.2) is 17.2 Å². The van der Waals surface area contributed by atoms with Crippen LogP contribution in [-0.2, 0) is 5.60 Å². The number of rotatable bonds is 6. The summed E-state index contributed by atoms with van der Waals surface area (Å²) in [5.41, 5.74) is 0.213. The molecular weight excluding hydrogens is 270 g/mol. The molecule has 2 rings (SSSR count). The minimum Gasteiger partial charge on any atom is -0.497 e. The Morgan fingerprint density at radius 1 is 1.30 bits per heavy atom. The monoisotopic (exact) mass is 291 g/mol. The van der Waals surface area contributed by atoms with E-state index in [9.17, 15) is 5.11 Å². The van der Waals surface area contributed by atoms with Crippen LogP contribution in [0.15, 0.2) is 35.8 Å². The van der Waals surface area contributed by atoms with Gasteiger partial charge >= 0.3 is 0 Å². The Bertz CT molecular complexity index is 524. The Morgan fingerprint density at radius 3 is 2.45 bits per heavy atom. The summed E-state index contributed by atoms with van der Waals surface area (Å²) >= 11 is 1.51. The summed E-state index contributed by atoms with van der Waals surface area (Å²) in [6.45, 7) is 4.11. The zero-order valence-corrected chi connectivity index (χ0v) is 13.0. The lowest BCUT2D eigenvalue weighted by Gasteiger charge is -2.33. The molecule has 0 amide bonds. The van der Waals surface area contributed by atoms with Crippen molar-refractivity contribution in [3.63, 3.8) is 0 Å². The Morgan fingerprint density at radius 2 is 2.00 bits per heavy atom. The zero-order chi connectivity index (χ0) is 14.6. The highest BCUT2D eigenvalue weighted by Gasteiger charge is 2.38. The van der Waals surface area contributed by atoms with Crippen molar-refractivity contribution in [1.29, 1.82) is 0 Å². The van der Waals surface area contributed by atoms with Gasteiger partial charge in [0, 0.05) is 17.5 Å². The summed E-state index contributed by atoms with van der Waals surface area (Å²) in [6.07, 6.45) is 3.25. The predicted octanol–water partition coefficient (Wildman–Crippen LogP) is 3.94. The highest BCUT2D eigenvalue weighted by atomic mass is 32.1. The minimum atomic E-state index is -0.905. The summed E-state index contributed by atoms with van der Waals surface area (Å²) < 4.78 is 5.19. The van der Waals surface area contributed by atoms with E-state index in [1.54, 1.807) is 13.3 Å². The van der Waals surface area contributed by atoms with Crippen LogP contribution >= 0.6 is 11.3 Å². The Kier molecular flexibility index (Phi) is 4.78. The number of nitrogens with zero attached hydrogens (tertiary/aromatic N) is 1. The van der Waals surface area contributed by atoms with E-state index in [1.807, 2.05) is 36.6 Å². The molecule has 0 fully saturated rings. The first-order valence-electron chi connectivity index (χ1n) is 6.92. The number of benzene rings is 1. The topological polar surface area (TPSA) is 42.4 Å². The van der Waals surface area contributed by atoms with Gasteiger partial charge in [-0.3, -0.25) is 0 Å². The van der Waals surface area contributed by atoms with Gasteiger partial charge in [0.15, 0.2) is 0 Å². The van der Waals surface area contributed by atoms with Crippen molar-refractivity contribution >= 4 is 11.3 Å². The van der Waals surface area contributed by atoms with E-state index in [0.717, 1.165) is 22.7 Å². The molecule has 0 aliphatic heterocycles. The first kappa shape index (κ1) is 15.0. The average molecular weight is 291 g/mol. The van der Waals surface area contributed by atoms with Gasteiger partial charge < -0.3 is 9.84 Å². The van der Waals surface area contributed by atoms with Crippen LogP contribution < -0.4 is 4.74 Å². The molecular formula is C16H21NO2S. The number of ether oxygens (including phenoxy) is 1. The fraction of sp³-hybridized carbons (Fsp3) is 0.438. The maximum Gasteiger partial charge on any atom is 0.125 e. The summed E-state index contributed by atoms with van der Waals surface area (Å²) in [6, 6.07) is 7.94. The minimum absolute atomic E-state index is 0.0320. The molecule has 1 N–H and O–H groups in total. The molecule has 1 aromatic heterocycles. The van der Waals surface area contributed by atoms with E-state index in [4.69, 9.17) is 4.74 Å². The fourth-order valence-corrected chi connectivity index (χ4v) is 3.53. The molecule has 4 heteroatoms. The van der Waals surface area contributed by atoms with Crippen molar-refractivity contribution in [3.8, 4) is 5.75 Å². The van der Waals surface area contributed by atoms with Gasteiger partial charge in [-0.05, 0) is 30.5 Å². The number of hydrogen-bond donors (Lipinski definition) is 1. The van der Waals surface area contributed by atoms with Gasteiger partial charge in [-0.2, -0.15) is 0 Å². The summed E-state index contributed by atoms with van der Waals surface area (Å²) in [5.74, 6) is 0.863. The van der Waals surface area contributed by atoms with E-state index < -0.39 is 5.60 Å². The molecule has 3 nitrogen and oxygen atoms in total. The molecule has 0 unspecified atom stereocenters. The second-order valence-corrected chi connectivity index (χ2v) is 5.74. The van der Waals surface area contributed by atoms with E-state index in [1.165, 1.54) is 11.3 Å². The number of aromatic nitrogens is 1. The summed E-state index contributed by atoms with van der Waals surface area (Å²) in [4.78, 5) is 4.33. The maximum absolute atomic E-state index is 11.1.